The van der Waals surface area contributed by atoms with Gasteiger partial charge in [-0.05, 0) is 5.92 Å². The average Bonchev–Trinajstić information content (AvgIpc) is 2.68. The van der Waals surface area contributed by atoms with Gasteiger partial charge in [0.25, 0.3) is 0 Å². The van der Waals surface area contributed by atoms with Crippen LogP contribution in [-0.2, 0) is 16.0 Å². The minimum absolute atomic E-state index is 0.0735. The number of halogens is 1. The first-order valence-electron chi connectivity index (χ1n) is 5.80. The number of hydrogen-bond donors (Lipinski definition) is 0. The van der Waals surface area contributed by atoms with E-state index < -0.39 is 6.10 Å². The van der Waals surface area contributed by atoms with Crippen LogP contribution in [0.15, 0.2) is 6.20 Å². The maximum absolute atomic E-state index is 12.4. The zero-order valence-corrected chi connectivity index (χ0v) is 11.9. The molecule has 0 radical (unpaired) electrons. The van der Waals surface area contributed by atoms with Crippen LogP contribution in [0.2, 0.25) is 5.02 Å². The number of ketones is 1. The van der Waals surface area contributed by atoms with Crippen LogP contribution in [0.25, 0.3) is 0 Å². The van der Waals surface area contributed by atoms with E-state index in [0.717, 1.165) is 0 Å². The summed E-state index contributed by atoms with van der Waals surface area (Å²) in [7, 11) is 3.12. The summed E-state index contributed by atoms with van der Waals surface area (Å²) in [4.78, 5) is 12.4. The van der Waals surface area contributed by atoms with Gasteiger partial charge < -0.3 is 9.47 Å². The van der Waals surface area contributed by atoms with Gasteiger partial charge in [-0.3, -0.25) is 9.48 Å². The summed E-state index contributed by atoms with van der Waals surface area (Å²) in [5.41, 5.74) is 0.384. The molecule has 0 N–H and O–H groups in total. The number of methoxy groups -OCH3 is 2. The molecule has 1 aromatic heterocycles. The lowest BCUT2D eigenvalue weighted by Crippen LogP contribution is -2.31. The molecule has 0 fully saturated rings. The van der Waals surface area contributed by atoms with Crippen LogP contribution in [0, 0.1) is 5.92 Å². The summed E-state index contributed by atoms with van der Waals surface area (Å²) in [5.74, 6) is -0.0737. The molecule has 1 rings (SSSR count). The van der Waals surface area contributed by atoms with E-state index in [1.165, 1.54) is 13.3 Å². The van der Waals surface area contributed by atoms with E-state index in [1.807, 2.05) is 13.8 Å². The van der Waals surface area contributed by atoms with Crippen molar-refractivity contribution in [3.05, 3.63) is 16.9 Å². The molecular weight excluding hydrogens is 256 g/mol. The van der Waals surface area contributed by atoms with Gasteiger partial charge in [0, 0.05) is 14.2 Å². The van der Waals surface area contributed by atoms with Gasteiger partial charge >= 0.3 is 0 Å². The number of Topliss-reactive ketones (excluding diaryl/α,β-unsaturated/α-hetero) is 1. The fraction of sp³-hybridized carbons (Fsp3) is 0.667. The highest BCUT2D eigenvalue weighted by atomic mass is 35.5. The maximum atomic E-state index is 12.4. The summed E-state index contributed by atoms with van der Waals surface area (Å²) < 4.78 is 11.8. The first-order valence-corrected chi connectivity index (χ1v) is 6.18. The number of ether oxygens (including phenoxy) is 2. The van der Waals surface area contributed by atoms with Gasteiger partial charge in [0.2, 0.25) is 5.78 Å². The topological polar surface area (TPSA) is 53.4 Å². The van der Waals surface area contributed by atoms with Gasteiger partial charge in [-0.2, -0.15) is 5.10 Å². The molecule has 0 aromatic carbocycles. The smallest absolute Gasteiger partial charge is 0.211 e. The first-order chi connectivity index (χ1) is 8.52. The molecule has 18 heavy (non-hydrogen) atoms. The van der Waals surface area contributed by atoms with E-state index in [0.29, 0.717) is 23.9 Å². The summed E-state index contributed by atoms with van der Waals surface area (Å²) >= 11 is 6.02. The van der Waals surface area contributed by atoms with Crippen LogP contribution in [0.1, 0.15) is 24.3 Å². The zero-order chi connectivity index (χ0) is 13.7. The number of hydrogen-bond acceptors (Lipinski definition) is 4. The van der Waals surface area contributed by atoms with Gasteiger partial charge in [0.1, 0.15) is 11.8 Å². The minimum atomic E-state index is -0.513. The molecule has 0 bridgehead atoms. The summed E-state index contributed by atoms with van der Waals surface area (Å²) in [6, 6.07) is 0. The number of aromatic nitrogens is 2. The second-order valence-electron chi connectivity index (χ2n) is 4.32. The largest absolute Gasteiger partial charge is 0.383 e. The molecule has 0 aliphatic rings. The molecule has 1 unspecified atom stereocenters. The molecule has 0 amide bonds. The lowest BCUT2D eigenvalue weighted by molar-refractivity contribution is 0.0446. The summed E-state index contributed by atoms with van der Waals surface area (Å²) in [6.45, 7) is 4.81. The molecule has 102 valence electrons. The van der Waals surface area contributed by atoms with Crippen LogP contribution >= 0.6 is 11.6 Å². The highest BCUT2D eigenvalue weighted by molar-refractivity contribution is 6.33. The van der Waals surface area contributed by atoms with Crippen LogP contribution < -0.4 is 0 Å². The molecule has 0 saturated carbocycles. The number of carbonyl (C=O) groups is 1. The Morgan fingerprint density at radius 2 is 2.17 bits per heavy atom. The Kier molecular flexibility index (Phi) is 5.78. The number of carbonyl (C=O) groups excluding carboxylic acids is 1. The molecule has 1 heterocycles. The van der Waals surface area contributed by atoms with Crippen molar-refractivity contribution in [1.82, 2.24) is 9.78 Å². The van der Waals surface area contributed by atoms with Crippen molar-refractivity contribution < 1.29 is 14.3 Å². The predicted octanol–water partition coefficient (Wildman–Crippen LogP) is 2.04. The van der Waals surface area contributed by atoms with E-state index >= 15 is 0 Å². The molecular formula is C12H19ClN2O3. The van der Waals surface area contributed by atoms with E-state index in [9.17, 15) is 4.79 Å². The number of nitrogens with zero attached hydrogens (tertiary/aromatic N) is 2. The van der Waals surface area contributed by atoms with Gasteiger partial charge in [-0.15, -0.1) is 0 Å². The fourth-order valence-corrected chi connectivity index (χ4v) is 2.01. The lowest BCUT2D eigenvalue weighted by atomic mass is 10.0. The fourth-order valence-electron chi connectivity index (χ4n) is 1.77. The molecule has 0 saturated heterocycles. The SMILES string of the molecule is COCCn1ncc(Cl)c1C(=O)C(OC)C(C)C. The van der Waals surface area contributed by atoms with Gasteiger partial charge in [0.15, 0.2) is 0 Å². The van der Waals surface area contributed by atoms with Crippen molar-refractivity contribution in [3.63, 3.8) is 0 Å². The molecule has 0 aliphatic heterocycles. The standard InChI is InChI=1S/C12H19ClN2O3/c1-8(2)12(18-4)11(16)10-9(13)7-14-15(10)5-6-17-3/h7-8,12H,5-6H2,1-4H3. The van der Waals surface area contributed by atoms with Crippen LogP contribution in [0.5, 0.6) is 0 Å². The summed E-state index contributed by atoms with van der Waals surface area (Å²) in [6.07, 6.45) is 0.956. The van der Waals surface area contributed by atoms with Crippen LogP contribution in [-0.4, -0.2) is 42.5 Å². The van der Waals surface area contributed by atoms with Crippen molar-refractivity contribution in [2.75, 3.05) is 20.8 Å². The molecule has 5 nitrogen and oxygen atoms in total. The van der Waals surface area contributed by atoms with Crippen molar-refractivity contribution in [3.8, 4) is 0 Å². The third kappa shape index (κ3) is 3.31. The van der Waals surface area contributed by atoms with Gasteiger partial charge in [0.05, 0.1) is 24.4 Å². The Bertz CT molecular complexity index is 404. The Morgan fingerprint density at radius 1 is 1.50 bits per heavy atom. The second kappa shape index (κ2) is 6.87. The quantitative estimate of drug-likeness (QED) is 0.714. The van der Waals surface area contributed by atoms with E-state index in [1.54, 1.807) is 11.8 Å². The zero-order valence-electron chi connectivity index (χ0n) is 11.1. The van der Waals surface area contributed by atoms with Crippen molar-refractivity contribution in [2.24, 2.45) is 5.92 Å². The first kappa shape index (κ1) is 15.1. The highest BCUT2D eigenvalue weighted by Gasteiger charge is 2.28. The molecule has 1 aromatic rings. The Hall–Kier alpha value is -0.910. The van der Waals surface area contributed by atoms with E-state index in [-0.39, 0.29) is 11.7 Å². The second-order valence-corrected chi connectivity index (χ2v) is 4.73. The van der Waals surface area contributed by atoms with Crippen molar-refractivity contribution >= 4 is 17.4 Å². The predicted molar refractivity (Wildman–Crippen MR) is 69.1 cm³/mol. The third-order valence-electron chi connectivity index (χ3n) is 2.65. The minimum Gasteiger partial charge on any atom is -0.383 e. The Balaban J connectivity index is 2.99. The Labute approximate surface area is 112 Å². The molecule has 6 heteroatoms. The molecule has 0 spiro atoms. The van der Waals surface area contributed by atoms with Crippen LogP contribution in [0.4, 0.5) is 0 Å². The van der Waals surface area contributed by atoms with Gasteiger partial charge in [-0.1, -0.05) is 25.4 Å². The maximum Gasteiger partial charge on any atom is 0.211 e. The normalized spacial score (nSPS) is 13.0. The number of rotatable bonds is 7. The highest BCUT2D eigenvalue weighted by Crippen LogP contribution is 2.20. The molecule has 0 aliphatic carbocycles. The third-order valence-corrected chi connectivity index (χ3v) is 2.93. The van der Waals surface area contributed by atoms with E-state index in [4.69, 9.17) is 21.1 Å². The van der Waals surface area contributed by atoms with E-state index in [2.05, 4.69) is 5.10 Å². The van der Waals surface area contributed by atoms with Crippen molar-refractivity contribution in [2.45, 2.75) is 26.5 Å². The lowest BCUT2D eigenvalue weighted by Gasteiger charge is -2.18. The van der Waals surface area contributed by atoms with Crippen molar-refractivity contribution in [1.29, 1.82) is 0 Å². The van der Waals surface area contributed by atoms with Gasteiger partial charge in [-0.25, -0.2) is 0 Å². The Morgan fingerprint density at radius 3 is 2.67 bits per heavy atom. The monoisotopic (exact) mass is 274 g/mol. The average molecular weight is 275 g/mol. The summed E-state index contributed by atoms with van der Waals surface area (Å²) in [5, 5.41) is 4.42. The van der Waals surface area contributed by atoms with Crippen LogP contribution in [0.3, 0.4) is 0 Å². The molecule has 1 atom stereocenters.